The van der Waals surface area contributed by atoms with E-state index in [2.05, 4.69) is 4.99 Å². The summed E-state index contributed by atoms with van der Waals surface area (Å²) in [5.74, 6) is -3.54. The lowest BCUT2D eigenvalue weighted by molar-refractivity contribution is -0.140. The van der Waals surface area contributed by atoms with Gasteiger partial charge in [0.25, 0.3) is 0 Å². The largest absolute Gasteiger partial charge is 0.481 e. The summed E-state index contributed by atoms with van der Waals surface area (Å²) >= 11 is 0. The van der Waals surface area contributed by atoms with Gasteiger partial charge in [-0.1, -0.05) is 6.92 Å². The van der Waals surface area contributed by atoms with Crippen LogP contribution in [0.1, 0.15) is 6.92 Å². The summed E-state index contributed by atoms with van der Waals surface area (Å²) in [5.41, 5.74) is 0.0369. The molecule has 0 radical (unpaired) electrons. The molecule has 2 N–H and O–H groups in total. The maximum Gasteiger partial charge on any atom is 0.333 e. The minimum atomic E-state index is -1.12. The Hall–Kier alpha value is -1.65. The van der Waals surface area contributed by atoms with E-state index in [1.165, 1.54) is 12.4 Å². The van der Waals surface area contributed by atoms with Gasteiger partial charge in [-0.15, -0.1) is 0 Å². The molecule has 0 amide bonds. The van der Waals surface area contributed by atoms with E-state index in [1.807, 2.05) is 0 Å². The van der Waals surface area contributed by atoms with E-state index in [1.54, 1.807) is 6.92 Å². The summed E-state index contributed by atoms with van der Waals surface area (Å²) in [6, 6.07) is 0. The summed E-state index contributed by atoms with van der Waals surface area (Å²) in [7, 11) is 0. The molecular weight excluding hydrogens is 174 g/mol. The second-order valence-electron chi connectivity index (χ2n) is 2.84. The number of rotatable bonds is 2. The number of carbonyl (C=O) groups is 2. The molecule has 70 valence electrons. The van der Waals surface area contributed by atoms with Crippen molar-refractivity contribution < 1.29 is 19.8 Å². The molecule has 0 aliphatic carbocycles. The lowest BCUT2D eigenvalue weighted by atomic mass is 9.87. The quantitative estimate of drug-likeness (QED) is 0.647. The lowest BCUT2D eigenvalue weighted by Crippen LogP contribution is -2.28. The number of hydrogen-bond acceptors (Lipinski definition) is 3. The molecule has 2 atom stereocenters. The van der Waals surface area contributed by atoms with Gasteiger partial charge in [-0.2, -0.15) is 0 Å². The van der Waals surface area contributed by atoms with E-state index < -0.39 is 23.8 Å². The molecule has 0 aromatic carbocycles. The fourth-order valence-electron chi connectivity index (χ4n) is 1.18. The summed E-state index contributed by atoms with van der Waals surface area (Å²) in [6.07, 6.45) is 2.44. The van der Waals surface area contributed by atoms with Gasteiger partial charge in [-0.05, 0) is 0 Å². The molecule has 0 fully saturated rings. The topological polar surface area (TPSA) is 87.0 Å². The Balaban J connectivity index is 2.93. The Labute approximate surface area is 74.4 Å². The van der Waals surface area contributed by atoms with E-state index in [-0.39, 0.29) is 5.57 Å². The molecule has 0 aromatic heterocycles. The second kappa shape index (κ2) is 3.38. The Bertz CT molecular complexity index is 305. The first-order valence-electron chi connectivity index (χ1n) is 3.73. The molecule has 0 saturated heterocycles. The third-order valence-corrected chi connectivity index (χ3v) is 2.02. The van der Waals surface area contributed by atoms with Crippen LogP contribution in [0, 0.1) is 11.8 Å². The molecule has 0 saturated carbocycles. The number of carboxylic acids is 2. The lowest BCUT2D eigenvalue weighted by Gasteiger charge is -2.19. The first-order chi connectivity index (χ1) is 6.04. The second-order valence-corrected chi connectivity index (χ2v) is 2.84. The van der Waals surface area contributed by atoms with Crippen molar-refractivity contribution in [3.63, 3.8) is 0 Å². The average Bonchev–Trinajstić information content (AvgIpc) is 2.03. The first-order valence-corrected chi connectivity index (χ1v) is 3.73. The smallest absolute Gasteiger partial charge is 0.333 e. The van der Waals surface area contributed by atoms with Gasteiger partial charge in [0.2, 0.25) is 0 Å². The van der Waals surface area contributed by atoms with Crippen LogP contribution in [0.4, 0.5) is 0 Å². The van der Waals surface area contributed by atoms with Gasteiger partial charge in [0.1, 0.15) is 0 Å². The summed E-state index contributed by atoms with van der Waals surface area (Å²) in [4.78, 5) is 24.8. The average molecular weight is 183 g/mol. The van der Waals surface area contributed by atoms with E-state index in [4.69, 9.17) is 10.2 Å². The van der Waals surface area contributed by atoms with E-state index >= 15 is 0 Å². The number of nitrogens with zero attached hydrogens (tertiary/aromatic N) is 1. The van der Waals surface area contributed by atoms with Crippen LogP contribution in [0.3, 0.4) is 0 Å². The summed E-state index contributed by atoms with van der Waals surface area (Å²) in [6.45, 7) is 1.56. The molecule has 13 heavy (non-hydrogen) atoms. The predicted octanol–water partition coefficient (Wildman–Crippen LogP) is 0.376. The van der Waals surface area contributed by atoms with Crippen molar-refractivity contribution in [2.45, 2.75) is 6.92 Å². The molecule has 0 spiro atoms. The van der Waals surface area contributed by atoms with E-state index in [0.29, 0.717) is 0 Å². The number of carboxylic acid groups (broad SMARTS) is 2. The van der Waals surface area contributed by atoms with Crippen molar-refractivity contribution in [1.82, 2.24) is 0 Å². The zero-order valence-corrected chi connectivity index (χ0v) is 6.97. The number of hydrogen-bond donors (Lipinski definition) is 2. The molecule has 2 unspecified atom stereocenters. The minimum Gasteiger partial charge on any atom is -0.481 e. The van der Waals surface area contributed by atoms with E-state index in [9.17, 15) is 9.59 Å². The highest BCUT2D eigenvalue weighted by molar-refractivity contribution is 5.95. The Morgan fingerprint density at radius 3 is 2.54 bits per heavy atom. The van der Waals surface area contributed by atoms with Crippen LogP contribution in [0.2, 0.25) is 0 Å². The third-order valence-electron chi connectivity index (χ3n) is 2.02. The molecule has 1 aliphatic heterocycles. The monoisotopic (exact) mass is 183 g/mol. The zero-order valence-electron chi connectivity index (χ0n) is 6.97. The van der Waals surface area contributed by atoms with Crippen LogP contribution in [-0.4, -0.2) is 28.4 Å². The van der Waals surface area contributed by atoms with Gasteiger partial charge in [0.15, 0.2) is 0 Å². The van der Waals surface area contributed by atoms with Crippen molar-refractivity contribution in [2.75, 3.05) is 0 Å². The normalized spacial score (nSPS) is 26.7. The Kier molecular flexibility index (Phi) is 2.46. The summed E-state index contributed by atoms with van der Waals surface area (Å²) < 4.78 is 0. The van der Waals surface area contributed by atoms with Gasteiger partial charge in [0.05, 0.1) is 11.5 Å². The van der Waals surface area contributed by atoms with Gasteiger partial charge in [0, 0.05) is 18.3 Å². The highest BCUT2D eigenvalue weighted by Crippen LogP contribution is 2.23. The molecule has 0 aromatic rings. The molecule has 1 aliphatic rings. The highest BCUT2D eigenvalue weighted by atomic mass is 16.4. The third kappa shape index (κ3) is 1.74. The van der Waals surface area contributed by atoms with Gasteiger partial charge < -0.3 is 10.2 Å². The first kappa shape index (κ1) is 9.44. The van der Waals surface area contributed by atoms with Crippen LogP contribution in [-0.2, 0) is 9.59 Å². The molecule has 0 bridgehead atoms. The molecule has 5 heteroatoms. The Morgan fingerprint density at radius 1 is 1.46 bits per heavy atom. The number of aliphatic imine (C=N–C) groups is 1. The Morgan fingerprint density at radius 2 is 2.08 bits per heavy atom. The number of aliphatic carboxylic acids is 2. The van der Waals surface area contributed by atoms with Crippen LogP contribution in [0.15, 0.2) is 16.8 Å². The van der Waals surface area contributed by atoms with Crippen LogP contribution in [0.25, 0.3) is 0 Å². The highest BCUT2D eigenvalue weighted by Gasteiger charge is 2.31. The van der Waals surface area contributed by atoms with Crippen LogP contribution in [0.5, 0.6) is 0 Å². The van der Waals surface area contributed by atoms with E-state index in [0.717, 1.165) is 0 Å². The van der Waals surface area contributed by atoms with Gasteiger partial charge >= 0.3 is 11.9 Å². The molecule has 1 heterocycles. The van der Waals surface area contributed by atoms with Crippen molar-refractivity contribution in [2.24, 2.45) is 16.8 Å². The zero-order chi connectivity index (χ0) is 10.0. The molecular formula is C8H9NO4. The standard InChI is InChI=1S/C8H9NO4/c1-4-5(7(10)11)2-9-3-6(4)8(12)13/h2-5H,1H3,(H,10,11)(H,12,13). The predicted molar refractivity (Wildman–Crippen MR) is 44.5 cm³/mol. The van der Waals surface area contributed by atoms with Crippen molar-refractivity contribution >= 4 is 18.2 Å². The van der Waals surface area contributed by atoms with Gasteiger partial charge in [-0.25, -0.2) is 4.79 Å². The fraction of sp³-hybridized carbons (Fsp3) is 0.375. The van der Waals surface area contributed by atoms with Crippen molar-refractivity contribution in [1.29, 1.82) is 0 Å². The minimum absolute atomic E-state index is 0.0369. The maximum absolute atomic E-state index is 10.6. The van der Waals surface area contributed by atoms with Crippen molar-refractivity contribution in [3.8, 4) is 0 Å². The fourth-order valence-corrected chi connectivity index (χ4v) is 1.18. The SMILES string of the molecule is CC1C(C(=O)O)=CN=CC1C(=O)O. The summed E-state index contributed by atoms with van der Waals surface area (Å²) in [5, 5.41) is 17.4. The maximum atomic E-state index is 10.6. The van der Waals surface area contributed by atoms with Crippen molar-refractivity contribution in [3.05, 3.63) is 11.8 Å². The molecule has 1 rings (SSSR count). The van der Waals surface area contributed by atoms with Gasteiger partial charge in [-0.3, -0.25) is 9.79 Å². The van der Waals surface area contributed by atoms with Crippen LogP contribution >= 0.6 is 0 Å². The molecule has 5 nitrogen and oxygen atoms in total. The van der Waals surface area contributed by atoms with Crippen LogP contribution < -0.4 is 0 Å².